The molecule has 1 aromatic heterocycles. The molecule has 0 spiro atoms. The normalized spacial score (nSPS) is 11.2. The summed E-state index contributed by atoms with van der Waals surface area (Å²) in [6.45, 7) is 0.155. The van der Waals surface area contributed by atoms with Crippen molar-refractivity contribution in [1.29, 1.82) is 0 Å². The lowest BCUT2D eigenvalue weighted by molar-refractivity contribution is -0.118. The van der Waals surface area contributed by atoms with E-state index in [2.05, 4.69) is 5.32 Å². The number of nitrogens with one attached hydrogen (secondary N) is 1. The Hall–Kier alpha value is -1.79. The van der Waals surface area contributed by atoms with E-state index in [9.17, 15) is 13.2 Å². The number of halogens is 1. The Balaban J connectivity index is 1.97. The van der Waals surface area contributed by atoms with Crippen molar-refractivity contribution in [2.75, 3.05) is 5.75 Å². The van der Waals surface area contributed by atoms with Crippen LogP contribution < -0.4 is 5.32 Å². The second-order valence-electron chi connectivity index (χ2n) is 4.07. The molecule has 1 aromatic carbocycles. The van der Waals surface area contributed by atoms with Crippen molar-refractivity contribution in [3.8, 4) is 0 Å². The van der Waals surface area contributed by atoms with Crippen LogP contribution in [0.25, 0.3) is 0 Å². The molecule has 5 nitrogen and oxygen atoms in total. The summed E-state index contributed by atoms with van der Waals surface area (Å²) in [5.74, 6) is -0.645. The van der Waals surface area contributed by atoms with E-state index < -0.39 is 21.5 Å². The minimum atomic E-state index is -3.67. The van der Waals surface area contributed by atoms with Crippen LogP contribution in [0.5, 0.6) is 0 Å². The van der Waals surface area contributed by atoms with Gasteiger partial charge in [0.2, 0.25) is 5.91 Å². The van der Waals surface area contributed by atoms with E-state index in [0.29, 0.717) is 10.8 Å². The molecule has 20 heavy (non-hydrogen) atoms. The van der Waals surface area contributed by atoms with E-state index in [-0.39, 0.29) is 11.4 Å². The Morgan fingerprint density at radius 1 is 1.20 bits per heavy atom. The zero-order valence-electron chi connectivity index (χ0n) is 10.4. The molecule has 0 radical (unpaired) electrons. The molecule has 1 heterocycles. The molecule has 0 fully saturated rings. The highest BCUT2D eigenvalue weighted by Gasteiger charge is 2.19. The number of sulfone groups is 1. The maximum atomic E-state index is 12.0. The van der Waals surface area contributed by atoms with Gasteiger partial charge in [0.1, 0.15) is 11.5 Å². The predicted molar refractivity (Wildman–Crippen MR) is 74.1 cm³/mol. The van der Waals surface area contributed by atoms with Crippen LogP contribution in [0, 0.1) is 0 Å². The molecule has 0 saturated heterocycles. The van der Waals surface area contributed by atoms with Crippen molar-refractivity contribution >= 4 is 27.3 Å². The first-order valence-corrected chi connectivity index (χ1v) is 7.78. The van der Waals surface area contributed by atoms with Crippen LogP contribution in [-0.2, 0) is 21.2 Å². The summed E-state index contributed by atoms with van der Waals surface area (Å²) in [7, 11) is -3.67. The van der Waals surface area contributed by atoms with E-state index in [1.54, 1.807) is 12.1 Å². The fraction of sp³-hybridized carbons (Fsp3) is 0.154. The largest absolute Gasteiger partial charge is 0.467 e. The Kier molecular flexibility index (Phi) is 4.46. The first-order valence-electron chi connectivity index (χ1n) is 5.75. The van der Waals surface area contributed by atoms with Crippen LogP contribution in [0.15, 0.2) is 52.0 Å². The molecular weight excluding hydrogens is 302 g/mol. The van der Waals surface area contributed by atoms with Gasteiger partial charge in [0.05, 0.1) is 17.7 Å². The van der Waals surface area contributed by atoms with Crippen LogP contribution >= 0.6 is 11.6 Å². The topological polar surface area (TPSA) is 76.4 Å². The SMILES string of the molecule is O=C(CS(=O)(=O)c1ccc(Cl)cc1)NCc1ccco1. The summed E-state index contributed by atoms with van der Waals surface area (Å²) in [6.07, 6.45) is 1.48. The van der Waals surface area contributed by atoms with Crippen molar-refractivity contribution in [3.63, 3.8) is 0 Å². The molecule has 2 aromatic rings. The van der Waals surface area contributed by atoms with Crippen LogP contribution in [-0.4, -0.2) is 20.1 Å². The number of carbonyl (C=O) groups excluding carboxylic acids is 1. The van der Waals surface area contributed by atoms with Crippen molar-refractivity contribution < 1.29 is 17.6 Å². The molecule has 7 heteroatoms. The van der Waals surface area contributed by atoms with Gasteiger partial charge in [-0.05, 0) is 36.4 Å². The predicted octanol–water partition coefficient (Wildman–Crippen LogP) is 2.02. The van der Waals surface area contributed by atoms with E-state index in [4.69, 9.17) is 16.0 Å². The number of benzene rings is 1. The lowest BCUT2D eigenvalue weighted by atomic mass is 10.4. The molecule has 106 valence electrons. The summed E-state index contributed by atoms with van der Waals surface area (Å²) >= 11 is 5.69. The van der Waals surface area contributed by atoms with Crippen LogP contribution in [0.4, 0.5) is 0 Å². The molecule has 0 aliphatic rings. The number of hydrogen-bond acceptors (Lipinski definition) is 4. The van der Waals surface area contributed by atoms with Crippen molar-refractivity contribution in [2.45, 2.75) is 11.4 Å². The van der Waals surface area contributed by atoms with Crippen LogP contribution in [0.2, 0.25) is 5.02 Å². The second-order valence-corrected chi connectivity index (χ2v) is 6.50. The highest BCUT2D eigenvalue weighted by Crippen LogP contribution is 2.15. The molecule has 0 unspecified atom stereocenters. The van der Waals surface area contributed by atoms with Gasteiger partial charge in [-0.2, -0.15) is 0 Å². The number of amides is 1. The summed E-state index contributed by atoms with van der Waals surface area (Å²) in [5.41, 5.74) is 0. The van der Waals surface area contributed by atoms with Gasteiger partial charge in [-0.3, -0.25) is 4.79 Å². The van der Waals surface area contributed by atoms with Gasteiger partial charge in [-0.15, -0.1) is 0 Å². The van der Waals surface area contributed by atoms with Gasteiger partial charge in [0.15, 0.2) is 9.84 Å². The van der Waals surface area contributed by atoms with Gasteiger partial charge < -0.3 is 9.73 Å². The number of hydrogen-bond donors (Lipinski definition) is 1. The fourth-order valence-electron chi connectivity index (χ4n) is 1.55. The molecule has 0 atom stereocenters. The quantitative estimate of drug-likeness (QED) is 0.916. The molecule has 1 N–H and O–H groups in total. The lowest BCUT2D eigenvalue weighted by Crippen LogP contribution is -2.29. The van der Waals surface area contributed by atoms with Crippen LogP contribution in [0.3, 0.4) is 0 Å². The third-order valence-electron chi connectivity index (χ3n) is 2.53. The van der Waals surface area contributed by atoms with E-state index in [0.717, 1.165) is 0 Å². The smallest absolute Gasteiger partial charge is 0.235 e. The van der Waals surface area contributed by atoms with Crippen molar-refractivity contribution in [1.82, 2.24) is 5.32 Å². The number of carbonyl (C=O) groups is 1. The molecular formula is C13H12ClNO4S. The minimum Gasteiger partial charge on any atom is -0.467 e. The van der Waals surface area contributed by atoms with E-state index in [1.165, 1.54) is 30.5 Å². The standard InChI is InChI=1S/C13H12ClNO4S/c14-10-3-5-12(6-4-10)20(17,18)9-13(16)15-8-11-2-1-7-19-11/h1-7H,8-9H2,(H,15,16). The lowest BCUT2D eigenvalue weighted by Gasteiger charge is -2.05. The first kappa shape index (κ1) is 14.6. The summed E-state index contributed by atoms with van der Waals surface area (Å²) in [4.78, 5) is 11.7. The third kappa shape index (κ3) is 3.85. The van der Waals surface area contributed by atoms with E-state index in [1.807, 2.05) is 0 Å². The molecule has 0 saturated carbocycles. The van der Waals surface area contributed by atoms with Crippen molar-refractivity contribution in [2.24, 2.45) is 0 Å². The maximum absolute atomic E-state index is 12.0. The Morgan fingerprint density at radius 2 is 1.90 bits per heavy atom. The van der Waals surface area contributed by atoms with Gasteiger partial charge in [-0.25, -0.2) is 8.42 Å². The highest BCUT2D eigenvalue weighted by atomic mass is 35.5. The summed E-state index contributed by atoms with van der Waals surface area (Å²) in [5, 5.41) is 2.92. The molecule has 0 aliphatic heterocycles. The average molecular weight is 314 g/mol. The number of furan rings is 1. The Morgan fingerprint density at radius 3 is 2.50 bits per heavy atom. The fourth-order valence-corrected chi connectivity index (χ4v) is 2.84. The molecule has 1 amide bonds. The third-order valence-corrected chi connectivity index (χ3v) is 4.42. The zero-order chi connectivity index (χ0) is 14.6. The van der Waals surface area contributed by atoms with Crippen molar-refractivity contribution in [3.05, 3.63) is 53.4 Å². The van der Waals surface area contributed by atoms with Crippen LogP contribution in [0.1, 0.15) is 5.76 Å². The zero-order valence-corrected chi connectivity index (χ0v) is 11.9. The second kappa shape index (κ2) is 6.11. The summed E-state index contributed by atoms with van der Waals surface area (Å²) < 4.78 is 29.0. The van der Waals surface area contributed by atoms with Gasteiger partial charge in [0, 0.05) is 5.02 Å². The Bertz CT molecular complexity index is 678. The molecule has 0 aliphatic carbocycles. The number of rotatable bonds is 5. The highest BCUT2D eigenvalue weighted by molar-refractivity contribution is 7.92. The van der Waals surface area contributed by atoms with Gasteiger partial charge in [0.25, 0.3) is 0 Å². The Labute approximate surface area is 121 Å². The summed E-state index contributed by atoms with van der Waals surface area (Å²) in [6, 6.07) is 9.05. The monoisotopic (exact) mass is 313 g/mol. The van der Waals surface area contributed by atoms with Gasteiger partial charge in [-0.1, -0.05) is 11.6 Å². The minimum absolute atomic E-state index is 0.0649. The molecule has 0 bridgehead atoms. The van der Waals surface area contributed by atoms with E-state index >= 15 is 0 Å². The van der Waals surface area contributed by atoms with Gasteiger partial charge >= 0.3 is 0 Å². The molecule has 2 rings (SSSR count). The average Bonchev–Trinajstić information content (AvgIpc) is 2.89. The maximum Gasteiger partial charge on any atom is 0.235 e. The first-order chi connectivity index (χ1) is 9.47.